The standard InChI is InChI=1S/C27H29N5O6.C2Cl2O2/c1-17(19-12-20(14-22(13-19)38-3)21-15-28-32(2)16-21)29-27(37)23-7-5-4-6-18(23)8-9-24(33)30-31-25(34)10-11-26(35)36;3-1(5)2(4)6/h4-7,10-17H,8-9H2,1-3H3,(H,29,37)(H,30,33)(H,31,34)(H,35,36);/b11-10+;. The van der Waals surface area contributed by atoms with Crippen molar-refractivity contribution in [1.29, 1.82) is 0 Å². The molecule has 0 bridgehead atoms. The predicted octanol–water partition coefficient (Wildman–Crippen LogP) is 2.82. The van der Waals surface area contributed by atoms with E-state index < -0.39 is 28.3 Å². The molecule has 232 valence electrons. The first-order valence-electron chi connectivity index (χ1n) is 12.8. The lowest BCUT2D eigenvalue weighted by atomic mass is 9.99. The molecule has 1 unspecified atom stereocenters. The molecule has 1 heterocycles. The van der Waals surface area contributed by atoms with Gasteiger partial charge in [-0.25, -0.2) is 4.79 Å². The van der Waals surface area contributed by atoms with Crippen molar-refractivity contribution < 1.29 is 38.6 Å². The number of carboxylic acid groups (broad SMARTS) is 1. The fourth-order valence-corrected chi connectivity index (χ4v) is 3.68. The number of hydrogen-bond donors (Lipinski definition) is 4. The number of carbonyl (C=O) groups excluding carboxylic acids is 5. The molecule has 0 aliphatic rings. The number of halogens is 2. The Balaban J connectivity index is 0.00000102. The number of amides is 3. The zero-order valence-corrected chi connectivity index (χ0v) is 25.3. The first-order valence-corrected chi connectivity index (χ1v) is 13.5. The van der Waals surface area contributed by atoms with E-state index >= 15 is 0 Å². The summed E-state index contributed by atoms with van der Waals surface area (Å²) in [6, 6.07) is 12.3. The number of benzene rings is 2. The second-order valence-corrected chi connectivity index (χ2v) is 9.69. The number of nitrogens with zero attached hydrogens (tertiary/aromatic N) is 2. The molecule has 3 aromatic rings. The van der Waals surface area contributed by atoms with Gasteiger partial charge >= 0.3 is 16.5 Å². The first kappa shape index (κ1) is 35.2. The van der Waals surface area contributed by atoms with Gasteiger partial charge in [0.05, 0.1) is 19.3 Å². The van der Waals surface area contributed by atoms with Crippen molar-refractivity contribution in [1.82, 2.24) is 25.9 Å². The molecule has 15 heteroatoms. The lowest BCUT2D eigenvalue weighted by Crippen LogP contribution is -2.41. The second kappa shape index (κ2) is 17.2. The molecule has 0 radical (unpaired) electrons. The highest BCUT2D eigenvalue weighted by molar-refractivity contribution is 6.97. The van der Waals surface area contributed by atoms with Crippen LogP contribution in [0.5, 0.6) is 5.75 Å². The maximum atomic E-state index is 13.2. The third-order valence-corrected chi connectivity index (χ3v) is 6.23. The Bertz CT molecular complexity index is 1560. The van der Waals surface area contributed by atoms with E-state index in [-0.39, 0.29) is 24.8 Å². The van der Waals surface area contributed by atoms with Crippen LogP contribution < -0.4 is 20.9 Å². The van der Waals surface area contributed by atoms with Crippen LogP contribution in [0.4, 0.5) is 0 Å². The quantitative estimate of drug-likeness (QED) is 0.105. The van der Waals surface area contributed by atoms with Crippen molar-refractivity contribution in [3.63, 3.8) is 0 Å². The van der Waals surface area contributed by atoms with E-state index in [2.05, 4.69) is 44.5 Å². The maximum absolute atomic E-state index is 13.2. The molecule has 0 aliphatic carbocycles. The van der Waals surface area contributed by atoms with Crippen LogP contribution in [0.15, 0.2) is 67.0 Å². The number of ether oxygens (including phenoxy) is 1. The smallest absolute Gasteiger partial charge is 0.328 e. The molecule has 1 aromatic heterocycles. The predicted molar refractivity (Wildman–Crippen MR) is 161 cm³/mol. The SMILES string of the molecule is COc1cc(-c2cnn(C)c2)cc(C(C)NC(=O)c2ccccc2CCC(=O)NNC(=O)/C=C/C(=O)O)c1.O=C(Cl)C(=O)Cl. The Morgan fingerprint density at radius 2 is 1.68 bits per heavy atom. The van der Waals surface area contributed by atoms with Crippen LogP contribution in [0, 0.1) is 0 Å². The molecule has 0 fully saturated rings. The van der Waals surface area contributed by atoms with E-state index in [1.54, 1.807) is 42.3 Å². The minimum Gasteiger partial charge on any atom is -0.497 e. The third kappa shape index (κ3) is 11.7. The molecular formula is C29H29Cl2N5O8. The summed E-state index contributed by atoms with van der Waals surface area (Å²) in [5.74, 6) is -2.20. The van der Waals surface area contributed by atoms with Gasteiger partial charge in [0, 0.05) is 42.9 Å². The van der Waals surface area contributed by atoms with Crippen LogP contribution in [0.2, 0.25) is 0 Å². The van der Waals surface area contributed by atoms with Gasteiger partial charge in [0.25, 0.3) is 11.8 Å². The number of carbonyl (C=O) groups is 6. The molecule has 3 rings (SSSR count). The Morgan fingerprint density at radius 3 is 2.27 bits per heavy atom. The van der Waals surface area contributed by atoms with Crippen molar-refractivity contribution >= 4 is 57.4 Å². The van der Waals surface area contributed by atoms with Gasteiger partial charge in [0.2, 0.25) is 5.91 Å². The number of rotatable bonds is 11. The van der Waals surface area contributed by atoms with E-state index in [1.165, 1.54) is 0 Å². The number of aromatic nitrogens is 2. The zero-order chi connectivity index (χ0) is 32.8. The van der Waals surface area contributed by atoms with Crippen LogP contribution in [-0.4, -0.2) is 56.2 Å². The van der Waals surface area contributed by atoms with Crippen LogP contribution >= 0.6 is 23.2 Å². The Hall–Kier alpha value is -5.01. The van der Waals surface area contributed by atoms with Crippen LogP contribution in [0.3, 0.4) is 0 Å². The fraction of sp³-hybridized carbons (Fsp3) is 0.207. The number of aliphatic carboxylic acids is 1. The van der Waals surface area contributed by atoms with E-state index in [9.17, 15) is 28.8 Å². The summed E-state index contributed by atoms with van der Waals surface area (Å²) in [5.41, 5.74) is 8.07. The number of carboxylic acids is 1. The average molecular weight is 646 g/mol. The van der Waals surface area contributed by atoms with E-state index in [0.29, 0.717) is 23.0 Å². The lowest BCUT2D eigenvalue weighted by Gasteiger charge is -2.18. The average Bonchev–Trinajstić information content (AvgIpc) is 3.44. The topological polar surface area (TPSA) is 186 Å². The highest BCUT2D eigenvalue weighted by Gasteiger charge is 2.17. The van der Waals surface area contributed by atoms with Crippen LogP contribution in [-0.2, 0) is 37.4 Å². The summed E-state index contributed by atoms with van der Waals surface area (Å²) < 4.78 is 7.17. The summed E-state index contributed by atoms with van der Waals surface area (Å²) in [4.78, 5) is 66.1. The molecule has 2 aromatic carbocycles. The minimum atomic E-state index is -1.28. The third-order valence-electron chi connectivity index (χ3n) is 5.79. The molecule has 0 aliphatic heterocycles. The number of nitrogens with one attached hydrogen (secondary N) is 3. The first-order chi connectivity index (χ1) is 20.8. The van der Waals surface area contributed by atoms with Crippen molar-refractivity contribution in [3.8, 4) is 16.9 Å². The Labute approximate surface area is 262 Å². The van der Waals surface area contributed by atoms with Crippen molar-refractivity contribution in [2.45, 2.75) is 25.8 Å². The molecule has 13 nitrogen and oxygen atoms in total. The van der Waals surface area contributed by atoms with Gasteiger partial charge in [-0.05, 0) is 77.5 Å². The van der Waals surface area contributed by atoms with Gasteiger partial charge in [-0.15, -0.1) is 0 Å². The largest absolute Gasteiger partial charge is 0.497 e. The van der Waals surface area contributed by atoms with Crippen molar-refractivity contribution in [2.75, 3.05) is 7.11 Å². The highest BCUT2D eigenvalue weighted by atomic mass is 35.5. The number of hydrogen-bond acceptors (Lipinski definition) is 8. The van der Waals surface area contributed by atoms with Gasteiger partial charge in [-0.1, -0.05) is 18.2 Å². The normalized spacial score (nSPS) is 11.0. The minimum absolute atomic E-state index is 0.00682. The summed E-state index contributed by atoms with van der Waals surface area (Å²) in [6.45, 7) is 1.87. The Morgan fingerprint density at radius 1 is 1.00 bits per heavy atom. The summed E-state index contributed by atoms with van der Waals surface area (Å²) >= 11 is 8.98. The van der Waals surface area contributed by atoms with E-state index in [1.807, 2.05) is 38.4 Å². The van der Waals surface area contributed by atoms with Gasteiger partial charge in [-0.3, -0.25) is 39.5 Å². The van der Waals surface area contributed by atoms with E-state index in [4.69, 9.17) is 9.84 Å². The molecule has 0 spiro atoms. The second-order valence-electron chi connectivity index (χ2n) is 9.01. The molecule has 3 amide bonds. The number of aryl methyl sites for hydroxylation is 2. The molecule has 0 saturated heterocycles. The monoisotopic (exact) mass is 645 g/mol. The molecular weight excluding hydrogens is 617 g/mol. The van der Waals surface area contributed by atoms with Crippen LogP contribution in [0.25, 0.3) is 11.1 Å². The van der Waals surface area contributed by atoms with Crippen molar-refractivity contribution in [2.24, 2.45) is 7.05 Å². The van der Waals surface area contributed by atoms with Gasteiger partial charge in [0.15, 0.2) is 0 Å². The van der Waals surface area contributed by atoms with E-state index in [0.717, 1.165) is 22.8 Å². The molecule has 44 heavy (non-hydrogen) atoms. The lowest BCUT2D eigenvalue weighted by molar-refractivity contribution is -0.131. The summed E-state index contributed by atoms with van der Waals surface area (Å²) in [6.07, 6.45) is 5.33. The molecule has 1 atom stereocenters. The number of hydrazine groups is 1. The molecule has 0 saturated carbocycles. The van der Waals surface area contributed by atoms with Crippen LogP contribution in [0.1, 0.15) is 40.9 Å². The van der Waals surface area contributed by atoms with Gasteiger partial charge < -0.3 is 15.2 Å². The highest BCUT2D eigenvalue weighted by Crippen LogP contribution is 2.29. The zero-order valence-electron chi connectivity index (χ0n) is 23.8. The maximum Gasteiger partial charge on any atom is 0.328 e. The van der Waals surface area contributed by atoms with Crippen molar-refractivity contribution in [3.05, 3.63) is 83.7 Å². The Kier molecular flexibility index (Phi) is 13.7. The summed E-state index contributed by atoms with van der Waals surface area (Å²) in [5, 5.41) is 13.5. The summed E-state index contributed by atoms with van der Waals surface area (Å²) in [7, 11) is 3.42. The van der Waals surface area contributed by atoms with Gasteiger partial charge in [0.1, 0.15) is 5.75 Å². The fourth-order valence-electron chi connectivity index (χ4n) is 3.68. The number of methoxy groups -OCH3 is 1. The molecule has 4 N–H and O–H groups in total. The van der Waals surface area contributed by atoms with Gasteiger partial charge in [-0.2, -0.15) is 5.10 Å².